The van der Waals surface area contributed by atoms with Crippen molar-refractivity contribution in [3.63, 3.8) is 0 Å². The van der Waals surface area contributed by atoms with Crippen molar-refractivity contribution in [2.75, 3.05) is 49.6 Å². The van der Waals surface area contributed by atoms with Crippen LogP contribution < -0.4 is 15.8 Å². The standard InChI is InChI=1S/C31H38F3N7O5/c1-6-23-25(38-11-13-39(14-12-38)29(44)46-30(3,4)5)27(43)41-28(36-26(37-41)20-9-15-45-16-10-20)40(23)18-24(42)35-22-8-7-21(17-19(22)2)31(32,33)34/h7-9,17H,6,10-16,18H2,1-5H3,(H,35,42). The Morgan fingerprint density at radius 2 is 1.83 bits per heavy atom. The molecule has 2 aliphatic rings. The van der Waals surface area contributed by atoms with Crippen molar-refractivity contribution in [2.24, 2.45) is 0 Å². The van der Waals surface area contributed by atoms with E-state index in [1.54, 1.807) is 30.2 Å². The van der Waals surface area contributed by atoms with Gasteiger partial charge in [-0.3, -0.25) is 9.59 Å². The van der Waals surface area contributed by atoms with E-state index in [0.717, 1.165) is 17.7 Å². The predicted octanol–water partition coefficient (Wildman–Crippen LogP) is 4.28. The highest BCUT2D eigenvalue weighted by molar-refractivity contribution is 5.91. The lowest BCUT2D eigenvalue weighted by atomic mass is 10.1. The van der Waals surface area contributed by atoms with Crippen LogP contribution in [0.3, 0.4) is 0 Å². The van der Waals surface area contributed by atoms with Crippen LogP contribution in [0.2, 0.25) is 0 Å². The molecule has 1 N–H and O–H groups in total. The second kappa shape index (κ2) is 12.8. The summed E-state index contributed by atoms with van der Waals surface area (Å²) in [6.45, 7) is 10.6. The van der Waals surface area contributed by atoms with Gasteiger partial charge in [-0.25, -0.2) is 4.79 Å². The molecule has 1 aromatic carbocycles. The Morgan fingerprint density at radius 1 is 1.11 bits per heavy atom. The quantitative estimate of drug-likeness (QED) is 0.422. The molecule has 2 aliphatic heterocycles. The minimum atomic E-state index is -4.51. The number of hydrogen-bond acceptors (Lipinski definition) is 8. The van der Waals surface area contributed by atoms with E-state index in [-0.39, 0.29) is 23.6 Å². The first-order valence-electron chi connectivity index (χ1n) is 15.2. The maximum Gasteiger partial charge on any atom is 0.416 e. The minimum absolute atomic E-state index is 0.166. The summed E-state index contributed by atoms with van der Waals surface area (Å²) in [6, 6.07) is 3.12. The number of nitrogens with one attached hydrogen (secondary N) is 1. The van der Waals surface area contributed by atoms with E-state index in [0.29, 0.717) is 69.4 Å². The van der Waals surface area contributed by atoms with Crippen molar-refractivity contribution in [3.05, 3.63) is 57.3 Å². The number of amides is 2. The highest BCUT2D eigenvalue weighted by Crippen LogP contribution is 2.32. The van der Waals surface area contributed by atoms with Crippen molar-refractivity contribution < 1.29 is 32.2 Å². The van der Waals surface area contributed by atoms with Gasteiger partial charge < -0.3 is 29.2 Å². The van der Waals surface area contributed by atoms with Crippen LogP contribution in [-0.4, -0.2) is 81.1 Å². The largest absolute Gasteiger partial charge is 0.444 e. The number of aromatic nitrogens is 4. The molecule has 12 nitrogen and oxygen atoms in total. The molecule has 0 atom stereocenters. The number of anilines is 2. The molecule has 15 heteroatoms. The van der Waals surface area contributed by atoms with E-state index in [9.17, 15) is 27.6 Å². The molecule has 0 aliphatic carbocycles. The Labute approximate surface area is 263 Å². The minimum Gasteiger partial charge on any atom is -0.444 e. The van der Waals surface area contributed by atoms with Gasteiger partial charge >= 0.3 is 12.3 Å². The molecule has 1 saturated heterocycles. The fourth-order valence-corrected chi connectivity index (χ4v) is 5.55. The van der Waals surface area contributed by atoms with E-state index in [1.165, 1.54) is 17.5 Å². The second-order valence-corrected chi connectivity index (χ2v) is 12.3. The molecule has 1 fully saturated rings. The van der Waals surface area contributed by atoms with Crippen LogP contribution >= 0.6 is 0 Å². The molecule has 2 amide bonds. The number of aryl methyl sites for hydroxylation is 1. The number of fused-ring (bicyclic) bond motifs is 1. The van der Waals surface area contributed by atoms with Crippen molar-refractivity contribution in [1.82, 2.24) is 24.1 Å². The van der Waals surface area contributed by atoms with Crippen molar-refractivity contribution in [1.29, 1.82) is 0 Å². The molecule has 0 bridgehead atoms. The highest BCUT2D eigenvalue weighted by atomic mass is 19.4. The molecule has 4 heterocycles. The number of hydrogen-bond donors (Lipinski definition) is 1. The van der Waals surface area contributed by atoms with Crippen LogP contribution in [0.25, 0.3) is 11.4 Å². The Hall–Kier alpha value is -4.40. The van der Waals surface area contributed by atoms with Gasteiger partial charge in [-0.05, 0) is 69.9 Å². The lowest BCUT2D eigenvalue weighted by molar-refractivity contribution is -0.137. The number of nitrogens with zero attached hydrogens (tertiary/aromatic N) is 6. The number of piperazine rings is 1. The highest BCUT2D eigenvalue weighted by Gasteiger charge is 2.32. The molecular weight excluding hydrogens is 607 g/mol. The number of carbonyl (C=O) groups is 2. The summed E-state index contributed by atoms with van der Waals surface area (Å²) in [5.41, 5.74) is 0.331. The van der Waals surface area contributed by atoms with Gasteiger partial charge in [-0.1, -0.05) is 13.0 Å². The fraction of sp³-hybridized carbons (Fsp3) is 0.516. The summed E-state index contributed by atoms with van der Waals surface area (Å²) in [6.07, 6.45) is -2.18. The molecule has 0 spiro atoms. The van der Waals surface area contributed by atoms with Gasteiger partial charge in [-0.15, -0.1) is 5.10 Å². The maximum absolute atomic E-state index is 14.1. The summed E-state index contributed by atoms with van der Waals surface area (Å²) in [7, 11) is 0. The molecule has 0 radical (unpaired) electrons. The van der Waals surface area contributed by atoms with Crippen LogP contribution in [0.5, 0.6) is 0 Å². The SMILES string of the molecule is CCc1c(N2CCN(C(=O)OC(C)(C)C)CC2)c(=O)n2nc(C3=CCOCC3)nc2n1CC(=O)Nc1ccc(C(F)(F)F)cc1C. The summed E-state index contributed by atoms with van der Waals surface area (Å²) < 4.78 is 53.3. The first-order chi connectivity index (χ1) is 21.7. The van der Waals surface area contributed by atoms with Gasteiger partial charge in [0.1, 0.15) is 17.8 Å². The molecular formula is C31H38F3N7O5. The summed E-state index contributed by atoms with van der Waals surface area (Å²) >= 11 is 0. The topological polar surface area (TPSA) is 123 Å². The Balaban J connectivity index is 1.51. The number of halogens is 3. The molecule has 0 unspecified atom stereocenters. The fourth-order valence-electron chi connectivity index (χ4n) is 5.55. The lowest BCUT2D eigenvalue weighted by Gasteiger charge is -2.37. The number of rotatable bonds is 6. The monoisotopic (exact) mass is 645 g/mol. The predicted molar refractivity (Wildman–Crippen MR) is 165 cm³/mol. The van der Waals surface area contributed by atoms with Crippen LogP contribution in [0, 0.1) is 6.92 Å². The summed E-state index contributed by atoms with van der Waals surface area (Å²) in [4.78, 5) is 48.3. The Morgan fingerprint density at radius 3 is 2.41 bits per heavy atom. The summed E-state index contributed by atoms with van der Waals surface area (Å²) in [5, 5.41) is 7.26. The first kappa shape index (κ1) is 33.0. The first-order valence-corrected chi connectivity index (χ1v) is 15.2. The van der Waals surface area contributed by atoms with Gasteiger partial charge in [-0.2, -0.15) is 22.7 Å². The lowest BCUT2D eigenvalue weighted by Crippen LogP contribution is -2.51. The zero-order chi connectivity index (χ0) is 33.4. The van der Waals surface area contributed by atoms with Crippen molar-refractivity contribution in [3.8, 4) is 0 Å². The number of ether oxygens (including phenoxy) is 2. The smallest absolute Gasteiger partial charge is 0.416 e. The third kappa shape index (κ3) is 7.03. The van der Waals surface area contributed by atoms with Crippen molar-refractivity contribution in [2.45, 2.75) is 65.8 Å². The number of alkyl halides is 3. The molecule has 248 valence electrons. The Kier molecular flexibility index (Phi) is 9.16. The number of carbonyl (C=O) groups excluding carboxylic acids is 2. The van der Waals surface area contributed by atoms with E-state index in [2.05, 4.69) is 15.4 Å². The normalized spacial score (nSPS) is 16.0. The average Bonchev–Trinajstić information content (AvgIpc) is 3.45. The van der Waals surface area contributed by atoms with Crippen LogP contribution in [0.15, 0.2) is 29.1 Å². The molecule has 46 heavy (non-hydrogen) atoms. The molecule has 5 rings (SSSR count). The molecule has 0 saturated carbocycles. The van der Waals surface area contributed by atoms with Crippen LogP contribution in [0.1, 0.15) is 56.8 Å². The second-order valence-electron chi connectivity index (χ2n) is 12.3. The average molecular weight is 646 g/mol. The van der Waals surface area contributed by atoms with E-state index >= 15 is 0 Å². The third-order valence-electron chi connectivity index (χ3n) is 7.79. The zero-order valence-corrected chi connectivity index (χ0v) is 26.5. The zero-order valence-electron chi connectivity index (χ0n) is 26.5. The number of benzene rings is 1. The maximum atomic E-state index is 14.1. The third-order valence-corrected chi connectivity index (χ3v) is 7.79. The molecule has 2 aromatic heterocycles. The summed E-state index contributed by atoms with van der Waals surface area (Å²) in [5.74, 6) is 0.000369. The van der Waals surface area contributed by atoms with E-state index in [1.807, 2.05) is 17.9 Å². The van der Waals surface area contributed by atoms with Gasteiger partial charge in [0.2, 0.25) is 11.7 Å². The van der Waals surface area contributed by atoms with Crippen molar-refractivity contribution >= 4 is 34.7 Å². The van der Waals surface area contributed by atoms with Crippen LogP contribution in [0.4, 0.5) is 29.3 Å². The van der Waals surface area contributed by atoms with Gasteiger partial charge in [0, 0.05) is 31.9 Å². The van der Waals surface area contributed by atoms with Gasteiger partial charge in [0.25, 0.3) is 5.56 Å². The molecule has 3 aromatic rings. The van der Waals surface area contributed by atoms with Gasteiger partial charge in [0.15, 0.2) is 5.82 Å². The Bertz CT molecular complexity index is 1730. The van der Waals surface area contributed by atoms with E-state index < -0.39 is 34.9 Å². The van der Waals surface area contributed by atoms with Gasteiger partial charge in [0.05, 0.1) is 24.5 Å². The van der Waals surface area contributed by atoms with Crippen LogP contribution in [-0.2, 0) is 33.4 Å². The van der Waals surface area contributed by atoms with E-state index in [4.69, 9.17) is 9.47 Å².